The molecular formula is C15H21NO. The van der Waals surface area contributed by atoms with Crippen molar-refractivity contribution in [2.24, 2.45) is 0 Å². The first-order valence-electron chi connectivity index (χ1n) is 6.54. The van der Waals surface area contributed by atoms with E-state index in [9.17, 15) is 4.79 Å². The standard InChI is InChI=1S/C15H21NO/c1-12-6-8-13(9-7-12)10-15(17)11-16-14-4-2-3-5-14/h6-9,14,16H,2-5,10-11H2,1H3. The second kappa shape index (κ2) is 5.97. The van der Waals surface area contributed by atoms with Crippen molar-refractivity contribution in [3.05, 3.63) is 35.4 Å². The van der Waals surface area contributed by atoms with Crippen LogP contribution in [0.15, 0.2) is 24.3 Å². The van der Waals surface area contributed by atoms with E-state index in [-0.39, 0.29) is 0 Å². The van der Waals surface area contributed by atoms with Crippen LogP contribution in [-0.2, 0) is 11.2 Å². The van der Waals surface area contributed by atoms with Crippen LogP contribution in [0.5, 0.6) is 0 Å². The Morgan fingerprint density at radius 2 is 1.88 bits per heavy atom. The Morgan fingerprint density at radius 3 is 2.53 bits per heavy atom. The van der Waals surface area contributed by atoms with Gasteiger partial charge in [0, 0.05) is 12.5 Å². The number of aryl methyl sites for hydroxylation is 1. The predicted octanol–water partition coefficient (Wildman–Crippen LogP) is 2.64. The van der Waals surface area contributed by atoms with E-state index in [1.54, 1.807) is 0 Å². The van der Waals surface area contributed by atoms with E-state index in [4.69, 9.17) is 0 Å². The zero-order valence-corrected chi connectivity index (χ0v) is 10.5. The molecule has 0 spiro atoms. The molecule has 1 N–H and O–H groups in total. The van der Waals surface area contributed by atoms with Crippen LogP contribution in [0.3, 0.4) is 0 Å². The van der Waals surface area contributed by atoms with Crippen molar-refractivity contribution in [1.82, 2.24) is 5.32 Å². The maximum Gasteiger partial charge on any atom is 0.150 e. The van der Waals surface area contributed by atoms with E-state index in [1.807, 2.05) is 12.1 Å². The largest absolute Gasteiger partial charge is 0.307 e. The van der Waals surface area contributed by atoms with Crippen LogP contribution in [0.25, 0.3) is 0 Å². The summed E-state index contributed by atoms with van der Waals surface area (Å²) in [6.07, 6.45) is 5.64. The van der Waals surface area contributed by atoms with E-state index in [0.717, 1.165) is 5.56 Å². The van der Waals surface area contributed by atoms with Crippen molar-refractivity contribution < 1.29 is 4.79 Å². The molecule has 2 rings (SSSR count). The van der Waals surface area contributed by atoms with Crippen LogP contribution in [0, 0.1) is 6.92 Å². The Bertz CT molecular complexity index is 363. The second-order valence-corrected chi connectivity index (χ2v) is 5.06. The Hall–Kier alpha value is -1.15. The van der Waals surface area contributed by atoms with Crippen molar-refractivity contribution in [1.29, 1.82) is 0 Å². The first-order valence-corrected chi connectivity index (χ1v) is 6.54. The van der Waals surface area contributed by atoms with Crippen molar-refractivity contribution in [2.75, 3.05) is 6.54 Å². The summed E-state index contributed by atoms with van der Waals surface area (Å²) < 4.78 is 0. The first kappa shape index (κ1) is 12.3. The van der Waals surface area contributed by atoms with Crippen LogP contribution in [0.1, 0.15) is 36.8 Å². The van der Waals surface area contributed by atoms with Crippen molar-refractivity contribution >= 4 is 5.78 Å². The van der Waals surface area contributed by atoms with Gasteiger partial charge in [-0.2, -0.15) is 0 Å². The third-order valence-electron chi connectivity index (χ3n) is 3.46. The molecule has 17 heavy (non-hydrogen) atoms. The second-order valence-electron chi connectivity index (χ2n) is 5.06. The molecule has 1 aromatic rings. The molecule has 1 fully saturated rings. The highest BCUT2D eigenvalue weighted by molar-refractivity contribution is 5.82. The zero-order valence-electron chi connectivity index (χ0n) is 10.5. The SMILES string of the molecule is Cc1ccc(CC(=O)CNC2CCCC2)cc1. The highest BCUT2D eigenvalue weighted by Crippen LogP contribution is 2.17. The van der Waals surface area contributed by atoms with Gasteiger partial charge in [0.25, 0.3) is 0 Å². The number of hydrogen-bond donors (Lipinski definition) is 1. The lowest BCUT2D eigenvalue weighted by Gasteiger charge is -2.10. The molecule has 1 aromatic carbocycles. The van der Waals surface area contributed by atoms with Crippen molar-refractivity contribution in [3.63, 3.8) is 0 Å². The van der Waals surface area contributed by atoms with Crippen LogP contribution in [-0.4, -0.2) is 18.4 Å². The van der Waals surface area contributed by atoms with Gasteiger partial charge in [0.05, 0.1) is 6.54 Å². The summed E-state index contributed by atoms with van der Waals surface area (Å²) in [5.41, 5.74) is 2.36. The maximum atomic E-state index is 11.8. The number of carbonyl (C=O) groups excluding carboxylic acids is 1. The van der Waals surface area contributed by atoms with E-state index in [0.29, 0.717) is 24.8 Å². The highest BCUT2D eigenvalue weighted by Gasteiger charge is 2.15. The molecule has 92 valence electrons. The minimum Gasteiger partial charge on any atom is -0.307 e. The van der Waals surface area contributed by atoms with Gasteiger partial charge in [0.1, 0.15) is 0 Å². The lowest BCUT2D eigenvalue weighted by atomic mass is 10.1. The quantitative estimate of drug-likeness (QED) is 0.844. The molecule has 1 aliphatic rings. The molecule has 0 radical (unpaired) electrons. The molecule has 2 nitrogen and oxygen atoms in total. The Kier molecular flexibility index (Phi) is 4.32. The van der Waals surface area contributed by atoms with Crippen LogP contribution in [0.2, 0.25) is 0 Å². The highest BCUT2D eigenvalue weighted by atomic mass is 16.1. The lowest BCUT2D eigenvalue weighted by molar-refractivity contribution is -0.117. The van der Waals surface area contributed by atoms with Crippen molar-refractivity contribution in [3.8, 4) is 0 Å². The van der Waals surface area contributed by atoms with E-state index in [1.165, 1.54) is 31.2 Å². The number of ketones is 1. The molecule has 2 heteroatoms. The predicted molar refractivity (Wildman–Crippen MR) is 70.1 cm³/mol. The fraction of sp³-hybridized carbons (Fsp3) is 0.533. The Balaban J connectivity index is 1.74. The summed E-state index contributed by atoms with van der Waals surface area (Å²) >= 11 is 0. The summed E-state index contributed by atoms with van der Waals surface area (Å²) in [6, 6.07) is 8.79. The summed E-state index contributed by atoms with van der Waals surface area (Å²) in [5.74, 6) is 0.292. The van der Waals surface area contributed by atoms with Gasteiger partial charge in [-0.3, -0.25) is 4.79 Å². The van der Waals surface area contributed by atoms with E-state index in [2.05, 4.69) is 24.4 Å². The van der Waals surface area contributed by atoms with Gasteiger partial charge in [-0.1, -0.05) is 42.7 Å². The molecule has 1 aliphatic carbocycles. The molecule has 1 saturated carbocycles. The third kappa shape index (κ3) is 3.97. The van der Waals surface area contributed by atoms with Gasteiger partial charge in [-0.25, -0.2) is 0 Å². The van der Waals surface area contributed by atoms with Crippen LogP contribution in [0.4, 0.5) is 0 Å². The lowest BCUT2D eigenvalue weighted by Crippen LogP contribution is -2.32. The van der Waals surface area contributed by atoms with Gasteiger partial charge in [-0.05, 0) is 25.3 Å². The number of carbonyl (C=O) groups is 1. The summed E-state index contributed by atoms with van der Waals surface area (Å²) in [5, 5.41) is 3.36. The third-order valence-corrected chi connectivity index (χ3v) is 3.46. The molecule has 0 heterocycles. The summed E-state index contributed by atoms with van der Waals surface area (Å²) in [4.78, 5) is 11.8. The molecule has 0 bridgehead atoms. The van der Waals surface area contributed by atoms with Gasteiger partial charge in [0.15, 0.2) is 5.78 Å². The fourth-order valence-electron chi connectivity index (χ4n) is 2.38. The first-order chi connectivity index (χ1) is 8.24. The fourth-order valence-corrected chi connectivity index (χ4v) is 2.38. The van der Waals surface area contributed by atoms with Gasteiger partial charge in [-0.15, -0.1) is 0 Å². The topological polar surface area (TPSA) is 29.1 Å². The molecule has 0 unspecified atom stereocenters. The van der Waals surface area contributed by atoms with Crippen molar-refractivity contribution in [2.45, 2.75) is 45.1 Å². The van der Waals surface area contributed by atoms with Gasteiger partial charge in [0.2, 0.25) is 0 Å². The zero-order chi connectivity index (χ0) is 12.1. The minimum absolute atomic E-state index is 0.292. The summed E-state index contributed by atoms with van der Waals surface area (Å²) in [7, 11) is 0. The number of benzene rings is 1. The van der Waals surface area contributed by atoms with Crippen LogP contribution < -0.4 is 5.32 Å². The van der Waals surface area contributed by atoms with Crippen LogP contribution >= 0.6 is 0 Å². The molecule has 0 amide bonds. The maximum absolute atomic E-state index is 11.8. The average molecular weight is 231 g/mol. The Labute approximate surface area is 103 Å². The Morgan fingerprint density at radius 1 is 1.24 bits per heavy atom. The molecule has 0 aromatic heterocycles. The minimum atomic E-state index is 0.292. The number of Topliss-reactive ketones (excluding diaryl/α,β-unsaturated/α-hetero) is 1. The normalized spacial score (nSPS) is 16.3. The number of rotatable bonds is 5. The van der Waals surface area contributed by atoms with E-state index < -0.39 is 0 Å². The number of nitrogens with one attached hydrogen (secondary N) is 1. The molecule has 0 saturated heterocycles. The van der Waals surface area contributed by atoms with Gasteiger partial charge >= 0.3 is 0 Å². The number of hydrogen-bond acceptors (Lipinski definition) is 2. The molecule has 0 atom stereocenters. The molecular weight excluding hydrogens is 210 g/mol. The van der Waals surface area contributed by atoms with Gasteiger partial charge < -0.3 is 5.32 Å². The van der Waals surface area contributed by atoms with E-state index >= 15 is 0 Å². The smallest absolute Gasteiger partial charge is 0.150 e. The average Bonchev–Trinajstić information content (AvgIpc) is 2.83. The molecule has 0 aliphatic heterocycles. The monoisotopic (exact) mass is 231 g/mol. The summed E-state index contributed by atoms with van der Waals surface area (Å²) in [6.45, 7) is 2.59.